The molecule has 1 atom stereocenters. The molecule has 1 N–H and O–H groups in total. The smallest absolute Gasteiger partial charge is 0.122 e. The zero-order valence-electron chi connectivity index (χ0n) is 12.2. The van der Waals surface area contributed by atoms with Gasteiger partial charge in [0.05, 0.1) is 14.2 Å². The minimum Gasteiger partial charge on any atom is -0.497 e. The van der Waals surface area contributed by atoms with E-state index in [0.717, 1.165) is 24.0 Å². The van der Waals surface area contributed by atoms with Crippen LogP contribution in [0.4, 0.5) is 0 Å². The van der Waals surface area contributed by atoms with E-state index in [9.17, 15) is 0 Å². The van der Waals surface area contributed by atoms with Crippen molar-refractivity contribution < 1.29 is 9.47 Å². The first-order valence-electron chi connectivity index (χ1n) is 7.18. The first-order chi connectivity index (χ1) is 9.22. The molecule has 1 saturated carbocycles. The highest BCUT2D eigenvalue weighted by Gasteiger charge is 2.20. The second kappa shape index (κ2) is 6.80. The molecule has 2 rings (SSSR count). The van der Waals surface area contributed by atoms with Gasteiger partial charge in [-0.1, -0.05) is 12.8 Å². The molecule has 0 spiro atoms. The molecule has 3 heteroatoms. The number of benzene rings is 1. The number of methoxy groups -OCH3 is 2. The average Bonchev–Trinajstić information content (AvgIpc) is 2.98. The normalized spacial score (nSPS) is 17.4. The van der Waals surface area contributed by atoms with Gasteiger partial charge in [0, 0.05) is 18.7 Å². The number of hydrogen-bond donors (Lipinski definition) is 1. The van der Waals surface area contributed by atoms with Crippen molar-refractivity contribution in [2.75, 3.05) is 14.2 Å². The van der Waals surface area contributed by atoms with E-state index in [1.807, 2.05) is 6.07 Å². The van der Waals surface area contributed by atoms with Crippen LogP contribution in [0.5, 0.6) is 11.5 Å². The maximum Gasteiger partial charge on any atom is 0.122 e. The van der Waals surface area contributed by atoms with E-state index in [2.05, 4.69) is 24.4 Å². The number of ether oxygens (including phenoxy) is 2. The van der Waals surface area contributed by atoms with Gasteiger partial charge < -0.3 is 14.8 Å². The molecule has 0 heterocycles. The standard InChI is InChI=1S/C16H25NO2/c1-12(14-6-4-5-7-14)17-11-13-8-15(18-2)10-16(9-13)19-3/h8-10,12,14,17H,4-7,11H2,1-3H3. The molecule has 1 fully saturated rings. The zero-order chi connectivity index (χ0) is 13.7. The zero-order valence-corrected chi connectivity index (χ0v) is 12.2. The molecule has 0 saturated heterocycles. The summed E-state index contributed by atoms with van der Waals surface area (Å²) in [6, 6.07) is 6.62. The van der Waals surface area contributed by atoms with Gasteiger partial charge in [0.2, 0.25) is 0 Å². The summed E-state index contributed by atoms with van der Waals surface area (Å²) < 4.78 is 10.6. The van der Waals surface area contributed by atoms with E-state index in [1.165, 1.54) is 31.2 Å². The predicted octanol–water partition coefficient (Wildman–Crippen LogP) is 3.37. The van der Waals surface area contributed by atoms with Crippen LogP contribution < -0.4 is 14.8 Å². The monoisotopic (exact) mass is 263 g/mol. The van der Waals surface area contributed by atoms with E-state index >= 15 is 0 Å². The second-order valence-corrected chi connectivity index (χ2v) is 5.44. The summed E-state index contributed by atoms with van der Waals surface area (Å²) in [5.41, 5.74) is 1.21. The van der Waals surface area contributed by atoms with Gasteiger partial charge in [-0.3, -0.25) is 0 Å². The highest BCUT2D eigenvalue weighted by atomic mass is 16.5. The van der Waals surface area contributed by atoms with Crippen LogP contribution in [0, 0.1) is 5.92 Å². The van der Waals surface area contributed by atoms with Crippen molar-refractivity contribution in [3.63, 3.8) is 0 Å². The van der Waals surface area contributed by atoms with E-state index in [1.54, 1.807) is 14.2 Å². The summed E-state index contributed by atoms with van der Waals surface area (Å²) in [4.78, 5) is 0. The average molecular weight is 263 g/mol. The fourth-order valence-corrected chi connectivity index (χ4v) is 2.87. The van der Waals surface area contributed by atoms with Crippen molar-refractivity contribution in [3.05, 3.63) is 23.8 Å². The van der Waals surface area contributed by atoms with E-state index in [0.29, 0.717) is 6.04 Å². The molecule has 0 aliphatic heterocycles. The molecule has 19 heavy (non-hydrogen) atoms. The topological polar surface area (TPSA) is 30.5 Å². The third kappa shape index (κ3) is 3.87. The highest BCUT2D eigenvalue weighted by Crippen LogP contribution is 2.28. The molecule has 0 bridgehead atoms. The Morgan fingerprint density at radius 3 is 2.21 bits per heavy atom. The highest BCUT2D eigenvalue weighted by molar-refractivity contribution is 5.38. The van der Waals surface area contributed by atoms with Crippen LogP contribution in [0.25, 0.3) is 0 Å². The van der Waals surface area contributed by atoms with E-state index < -0.39 is 0 Å². The maximum absolute atomic E-state index is 5.30. The maximum atomic E-state index is 5.30. The number of nitrogens with one attached hydrogen (secondary N) is 1. The summed E-state index contributed by atoms with van der Waals surface area (Å²) in [6.07, 6.45) is 5.53. The van der Waals surface area contributed by atoms with Gasteiger partial charge in [0.1, 0.15) is 11.5 Å². The quantitative estimate of drug-likeness (QED) is 0.853. The predicted molar refractivity (Wildman–Crippen MR) is 77.8 cm³/mol. The van der Waals surface area contributed by atoms with Crippen LogP contribution >= 0.6 is 0 Å². The molecule has 1 aromatic rings. The first kappa shape index (κ1) is 14.2. The lowest BCUT2D eigenvalue weighted by Crippen LogP contribution is -2.31. The largest absolute Gasteiger partial charge is 0.497 e. The first-order valence-corrected chi connectivity index (χ1v) is 7.18. The van der Waals surface area contributed by atoms with Crippen LogP contribution in [-0.4, -0.2) is 20.3 Å². The summed E-state index contributed by atoms with van der Waals surface area (Å²) in [6.45, 7) is 3.17. The Balaban J connectivity index is 1.94. The lowest BCUT2D eigenvalue weighted by molar-refractivity contribution is 0.376. The lowest BCUT2D eigenvalue weighted by atomic mass is 9.99. The second-order valence-electron chi connectivity index (χ2n) is 5.44. The fraction of sp³-hybridized carbons (Fsp3) is 0.625. The van der Waals surface area contributed by atoms with Crippen LogP contribution in [0.1, 0.15) is 38.2 Å². The molecule has 1 aromatic carbocycles. The van der Waals surface area contributed by atoms with Gasteiger partial charge in [0.15, 0.2) is 0 Å². The molecule has 0 amide bonds. The molecule has 1 unspecified atom stereocenters. The van der Waals surface area contributed by atoms with Crippen molar-refractivity contribution in [1.82, 2.24) is 5.32 Å². The Morgan fingerprint density at radius 1 is 1.11 bits per heavy atom. The summed E-state index contributed by atoms with van der Waals surface area (Å²) >= 11 is 0. The molecule has 0 aromatic heterocycles. The van der Waals surface area contributed by atoms with Crippen LogP contribution in [0.15, 0.2) is 18.2 Å². The Labute approximate surface area is 116 Å². The van der Waals surface area contributed by atoms with Crippen LogP contribution in [0.3, 0.4) is 0 Å². The summed E-state index contributed by atoms with van der Waals surface area (Å²) in [5.74, 6) is 2.54. The molecular formula is C16H25NO2. The SMILES string of the molecule is COc1cc(CNC(C)C2CCCC2)cc(OC)c1. The summed E-state index contributed by atoms with van der Waals surface area (Å²) in [5, 5.41) is 3.63. The third-order valence-electron chi connectivity index (χ3n) is 4.15. The number of hydrogen-bond acceptors (Lipinski definition) is 3. The minimum atomic E-state index is 0.583. The van der Waals surface area contributed by atoms with Crippen LogP contribution in [-0.2, 0) is 6.54 Å². The molecule has 1 aliphatic rings. The van der Waals surface area contributed by atoms with Gasteiger partial charge in [0.25, 0.3) is 0 Å². The van der Waals surface area contributed by atoms with Gasteiger partial charge in [-0.25, -0.2) is 0 Å². The van der Waals surface area contributed by atoms with Crippen molar-refractivity contribution in [1.29, 1.82) is 0 Å². The fourth-order valence-electron chi connectivity index (χ4n) is 2.87. The molecule has 106 valence electrons. The Hall–Kier alpha value is -1.22. The Morgan fingerprint density at radius 2 is 1.68 bits per heavy atom. The van der Waals surface area contributed by atoms with Gasteiger partial charge >= 0.3 is 0 Å². The molecule has 3 nitrogen and oxygen atoms in total. The molecular weight excluding hydrogens is 238 g/mol. The molecule has 0 radical (unpaired) electrons. The van der Waals surface area contributed by atoms with Gasteiger partial charge in [-0.2, -0.15) is 0 Å². The van der Waals surface area contributed by atoms with E-state index in [4.69, 9.17) is 9.47 Å². The third-order valence-corrected chi connectivity index (χ3v) is 4.15. The lowest BCUT2D eigenvalue weighted by Gasteiger charge is -2.20. The molecule has 1 aliphatic carbocycles. The Kier molecular flexibility index (Phi) is 5.08. The number of rotatable bonds is 6. The Bertz CT molecular complexity index is 377. The van der Waals surface area contributed by atoms with Crippen molar-refractivity contribution in [2.24, 2.45) is 5.92 Å². The van der Waals surface area contributed by atoms with Crippen LogP contribution in [0.2, 0.25) is 0 Å². The van der Waals surface area contributed by atoms with Gasteiger partial charge in [-0.15, -0.1) is 0 Å². The minimum absolute atomic E-state index is 0.583. The van der Waals surface area contributed by atoms with Gasteiger partial charge in [-0.05, 0) is 43.4 Å². The summed E-state index contributed by atoms with van der Waals surface area (Å²) in [7, 11) is 3.38. The van der Waals surface area contributed by atoms with Crippen molar-refractivity contribution in [3.8, 4) is 11.5 Å². The van der Waals surface area contributed by atoms with Crippen molar-refractivity contribution >= 4 is 0 Å². The van der Waals surface area contributed by atoms with E-state index in [-0.39, 0.29) is 0 Å². The van der Waals surface area contributed by atoms with Crippen molar-refractivity contribution in [2.45, 2.75) is 45.2 Å².